The van der Waals surface area contributed by atoms with Gasteiger partial charge in [-0.2, -0.15) is 0 Å². The highest BCUT2D eigenvalue weighted by atomic mass is 35.5. The Morgan fingerprint density at radius 3 is 2.74 bits per heavy atom. The molecule has 4 nitrogen and oxygen atoms in total. The van der Waals surface area contributed by atoms with Crippen molar-refractivity contribution in [3.63, 3.8) is 0 Å². The van der Waals surface area contributed by atoms with E-state index < -0.39 is 0 Å². The molecule has 0 aliphatic carbocycles. The molecular formula is C14H21ClN2O2. The monoisotopic (exact) mass is 284 g/mol. The summed E-state index contributed by atoms with van der Waals surface area (Å²) in [5, 5.41) is 12.3. The Kier molecular flexibility index (Phi) is 6.67. The smallest absolute Gasteiger partial charge is 0.255 e. The summed E-state index contributed by atoms with van der Waals surface area (Å²) in [6, 6.07) is 5.24. The lowest BCUT2D eigenvalue weighted by atomic mass is 10.1. The minimum atomic E-state index is -0.0455. The first kappa shape index (κ1) is 15.8. The number of aliphatic hydroxyl groups is 1. The number of amides is 1. The number of unbranched alkanes of at least 4 members (excludes halogenated alkanes) is 2. The summed E-state index contributed by atoms with van der Waals surface area (Å²) >= 11 is 5.94. The van der Waals surface area contributed by atoms with Crippen molar-refractivity contribution in [2.45, 2.75) is 19.3 Å². The van der Waals surface area contributed by atoms with Crippen molar-refractivity contribution in [3.05, 3.63) is 28.8 Å². The zero-order valence-corrected chi connectivity index (χ0v) is 12.2. The number of carbonyl (C=O) groups is 1. The third-order valence-electron chi connectivity index (χ3n) is 2.98. The highest BCUT2D eigenvalue weighted by Gasteiger charge is 2.15. The summed E-state index contributed by atoms with van der Waals surface area (Å²) in [4.78, 5) is 14.0. The molecule has 0 spiro atoms. The largest absolute Gasteiger partial charge is 0.396 e. The number of hydrogen-bond acceptors (Lipinski definition) is 3. The van der Waals surface area contributed by atoms with Crippen LogP contribution in [-0.2, 0) is 0 Å². The molecule has 1 amide bonds. The number of aliphatic hydroxyl groups excluding tert-OH is 1. The molecule has 0 aliphatic heterocycles. The van der Waals surface area contributed by atoms with Crippen molar-refractivity contribution >= 4 is 23.2 Å². The Labute approximate surface area is 119 Å². The van der Waals surface area contributed by atoms with E-state index in [2.05, 4.69) is 5.32 Å². The highest BCUT2D eigenvalue weighted by molar-refractivity contribution is 6.31. The van der Waals surface area contributed by atoms with E-state index in [-0.39, 0.29) is 12.5 Å². The normalized spacial score (nSPS) is 10.3. The maximum atomic E-state index is 12.3. The lowest BCUT2D eigenvalue weighted by Gasteiger charge is -2.19. The molecule has 0 atom stereocenters. The molecule has 0 saturated carbocycles. The molecule has 1 aromatic rings. The van der Waals surface area contributed by atoms with Crippen molar-refractivity contribution in [3.8, 4) is 0 Å². The lowest BCUT2D eigenvalue weighted by molar-refractivity contribution is 0.0793. The Bertz CT molecular complexity index is 424. The number of anilines is 1. The third-order valence-corrected chi connectivity index (χ3v) is 3.21. The van der Waals surface area contributed by atoms with Crippen molar-refractivity contribution in [2.24, 2.45) is 0 Å². The summed E-state index contributed by atoms with van der Waals surface area (Å²) < 4.78 is 0. The van der Waals surface area contributed by atoms with Crippen molar-refractivity contribution in [1.82, 2.24) is 4.90 Å². The summed E-state index contributed by atoms with van der Waals surface area (Å²) in [6.45, 7) is 0.879. The maximum absolute atomic E-state index is 12.3. The minimum absolute atomic E-state index is 0.0455. The van der Waals surface area contributed by atoms with Gasteiger partial charge in [0.2, 0.25) is 0 Å². The molecule has 0 radical (unpaired) electrons. The molecule has 1 rings (SSSR count). The molecule has 1 aromatic carbocycles. The van der Waals surface area contributed by atoms with E-state index in [9.17, 15) is 4.79 Å². The quantitative estimate of drug-likeness (QED) is 0.757. The van der Waals surface area contributed by atoms with Crippen LogP contribution in [0.2, 0.25) is 5.02 Å². The van der Waals surface area contributed by atoms with Gasteiger partial charge in [0.15, 0.2) is 0 Å². The Balaban J connectivity index is 2.68. The summed E-state index contributed by atoms with van der Waals surface area (Å²) in [5.41, 5.74) is 1.36. The van der Waals surface area contributed by atoms with Crippen molar-refractivity contribution < 1.29 is 9.90 Å². The molecule has 2 N–H and O–H groups in total. The van der Waals surface area contributed by atoms with Crippen LogP contribution < -0.4 is 5.32 Å². The van der Waals surface area contributed by atoms with Gasteiger partial charge in [-0.1, -0.05) is 11.6 Å². The van der Waals surface area contributed by atoms with Gasteiger partial charge >= 0.3 is 0 Å². The first-order valence-corrected chi connectivity index (χ1v) is 6.81. The van der Waals surface area contributed by atoms with E-state index in [0.29, 0.717) is 17.1 Å². The van der Waals surface area contributed by atoms with E-state index >= 15 is 0 Å². The van der Waals surface area contributed by atoms with Crippen LogP contribution in [-0.4, -0.2) is 43.2 Å². The van der Waals surface area contributed by atoms with Gasteiger partial charge in [-0.15, -0.1) is 0 Å². The predicted octanol–water partition coefficient (Wildman–Crippen LogP) is 2.62. The van der Waals surface area contributed by atoms with Gasteiger partial charge in [-0.3, -0.25) is 4.79 Å². The van der Waals surface area contributed by atoms with E-state index in [4.69, 9.17) is 16.7 Å². The van der Waals surface area contributed by atoms with Gasteiger partial charge in [-0.25, -0.2) is 0 Å². The van der Waals surface area contributed by atoms with Crippen LogP contribution in [0.4, 0.5) is 5.69 Å². The zero-order valence-electron chi connectivity index (χ0n) is 11.4. The topological polar surface area (TPSA) is 52.6 Å². The van der Waals surface area contributed by atoms with E-state index in [1.807, 2.05) is 0 Å². The second-order valence-electron chi connectivity index (χ2n) is 4.45. The average Bonchev–Trinajstić information content (AvgIpc) is 2.42. The van der Waals surface area contributed by atoms with E-state index in [1.165, 1.54) is 0 Å². The average molecular weight is 285 g/mol. The van der Waals surface area contributed by atoms with Gasteiger partial charge in [-0.05, 0) is 37.5 Å². The molecule has 0 aromatic heterocycles. The van der Waals surface area contributed by atoms with Gasteiger partial charge < -0.3 is 15.3 Å². The molecule has 19 heavy (non-hydrogen) atoms. The van der Waals surface area contributed by atoms with Crippen LogP contribution in [0.5, 0.6) is 0 Å². The fourth-order valence-corrected chi connectivity index (χ4v) is 2.03. The molecule has 0 unspecified atom stereocenters. The Morgan fingerprint density at radius 2 is 2.11 bits per heavy atom. The van der Waals surface area contributed by atoms with Crippen LogP contribution in [0.15, 0.2) is 18.2 Å². The maximum Gasteiger partial charge on any atom is 0.255 e. The summed E-state index contributed by atoms with van der Waals surface area (Å²) in [7, 11) is 3.56. The zero-order chi connectivity index (χ0) is 14.3. The molecule has 5 heteroatoms. The third kappa shape index (κ3) is 4.73. The van der Waals surface area contributed by atoms with Gasteiger partial charge in [0, 0.05) is 38.0 Å². The molecule has 0 aliphatic rings. The molecule has 106 valence electrons. The molecule has 0 heterocycles. The fraction of sp³-hybridized carbons (Fsp3) is 0.500. The summed E-state index contributed by atoms with van der Waals surface area (Å²) in [6.07, 6.45) is 2.59. The minimum Gasteiger partial charge on any atom is -0.396 e. The fourth-order valence-electron chi connectivity index (χ4n) is 1.86. The van der Waals surface area contributed by atoms with Crippen LogP contribution in [0.1, 0.15) is 29.6 Å². The van der Waals surface area contributed by atoms with E-state index in [0.717, 1.165) is 24.9 Å². The second kappa shape index (κ2) is 8.02. The van der Waals surface area contributed by atoms with Crippen LogP contribution in [0.3, 0.4) is 0 Å². The number of rotatable bonds is 7. The molecule has 0 saturated heterocycles. The molecule has 0 fully saturated rings. The Hall–Kier alpha value is -1.26. The van der Waals surface area contributed by atoms with Crippen LogP contribution in [0.25, 0.3) is 0 Å². The number of carbonyl (C=O) groups excluding carboxylic acids is 1. The van der Waals surface area contributed by atoms with Gasteiger partial charge in [0.05, 0.1) is 5.56 Å². The number of hydrogen-bond donors (Lipinski definition) is 2. The predicted molar refractivity (Wildman–Crippen MR) is 78.9 cm³/mol. The van der Waals surface area contributed by atoms with Crippen LogP contribution >= 0.6 is 11.6 Å². The molecule has 0 bridgehead atoms. The van der Waals surface area contributed by atoms with Gasteiger partial charge in [0.25, 0.3) is 5.91 Å². The van der Waals surface area contributed by atoms with E-state index in [1.54, 1.807) is 37.2 Å². The van der Waals surface area contributed by atoms with Crippen molar-refractivity contribution in [1.29, 1.82) is 0 Å². The highest BCUT2D eigenvalue weighted by Crippen LogP contribution is 2.21. The number of halogens is 1. The second-order valence-corrected chi connectivity index (χ2v) is 4.89. The number of nitrogens with one attached hydrogen (secondary N) is 1. The van der Waals surface area contributed by atoms with Gasteiger partial charge in [0.1, 0.15) is 0 Å². The number of benzene rings is 1. The summed E-state index contributed by atoms with van der Waals surface area (Å²) in [5.74, 6) is -0.0455. The van der Waals surface area contributed by atoms with Crippen molar-refractivity contribution in [2.75, 3.05) is 32.6 Å². The standard InChI is InChI=1S/C14H21ClN2O2/c1-16-13-7-6-11(15)10-12(13)14(19)17(2)8-4-3-5-9-18/h6-7,10,16,18H,3-5,8-9H2,1-2H3. The molecular weight excluding hydrogens is 264 g/mol. The number of nitrogens with zero attached hydrogens (tertiary/aromatic N) is 1. The SMILES string of the molecule is CNc1ccc(Cl)cc1C(=O)N(C)CCCCCO. The first-order valence-electron chi connectivity index (χ1n) is 6.43. The first-order chi connectivity index (χ1) is 9.10. The lowest BCUT2D eigenvalue weighted by Crippen LogP contribution is -2.28. The Morgan fingerprint density at radius 1 is 1.37 bits per heavy atom. The van der Waals surface area contributed by atoms with Crippen LogP contribution in [0, 0.1) is 0 Å².